The molecule has 0 spiro atoms. The van der Waals surface area contributed by atoms with Gasteiger partial charge in [0.25, 0.3) is 0 Å². The number of carbonyl (C=O) groups is 1. The number of nitrogens with zero attached hydrogens (tertiary/aromatic N) is 2. The summed E-state index contributed by atoms with van der Waals surface area (Å²) in [6, 6.07) is 21.2. The van der Waals surface area contributed by atoms with E-state index in [0.29, 0.717) is 33.4 Å². The highest BCUT2D eigenvalue weighted by molar-refractivity contribution is 6.31. The topological polar surface area (TPSA) is 43.8 Å². The Bertz CT molecular complexity index is 1100. The summed E-state index contributed by atoms with van der Waals surface area (Å²) in [5.41, 5.74) is 1.50. The molecule has 2 amide bonds. The van der Waals surface area contributed by atoms with Crippen molar-refractivity contribution < 1.29 is 9.90 Å². The first kappa shape index (κ1) is 22.7. The van der Waals surface area contributed by atoms with E-state index < -0.39 is 11.8 Å². The quantitative estimate of drug-likeness (QED) is 0.422. The Balaban J connectivity index is 1.94. The fourth-order valence-corrected chi connectivity index (χ4v) is 4.70. The molecule has 1 N–H and O–H groups in total. The normalized spacial score (nSPS) is 20.8. The molecule has 6 heteroatoms. The van der Waals surface area contributed by atoms with Gasteiger partial charge in [-0.15, -0.1) is 0 Å². The number of amides is 2. The number of hydrogen-bond donors (Lipinski definition) is 1. The van der Waals surface area contributed by atoms with E-state index in [1.54, 1.807) is 41.3 Å². The number of benzene rings is 3. The molecule has 2 atom stereocenters. The van der Waals surface area contributed by atoms with Crippen molar-refractivity contribution >= 4 is 40.6 Å². The van der Waals surface area contributed by atoms with E-state index in [2.05, 4.69) is 13.8 Å². The first-order valence-corrected chi connectivity index (χ1v) is 11.6. The number of aliphatic hydroxyl groups is 1. The SMILES string of the molecule is CCCC1N(c2ccc(Cl)cc2)C(=O)N(c2ccc(Cl)cc2)C1(O)c1cccc(CC)c1. The van der Waals surface area contributed by atoms with Gasteiger partial charge in [0.1, 0.15) is 0 Å². The molecule has 3 aromatic carbocycles. The zero-order chi connectivity index (χ0) is 22.9. The lowest BCUT2D eigenvalue weighted by Gasteiger charge is -2.37. The van der Waals surface area contributed by atoms with Crippen LogP contribution < -0.4 is 9.80 Å². The van der Waals surface area contributed by atoms with Crippen molar-refractivity contribution in [1.82, 2.24) is 0 Å². The van der Waals surface area contributed by atoms with Gasteiger partial charge >= 0.3 is 6.03 Å². The van der Waals surface area contributed by atoms with Gasteiger partial charge in [-0.25, -0.2) is 4.79 Å². The molecular weight excluding hydrogens is 443 g/mol. The largest absolute Gasteiger partial charge is 0.365 e. The molecule has 0 bridgehead atoms. The van der Waals surface area contributed by atoms with Crippen molar-refractivity contribution in [2.24, 2.45) is 0 Å². The van der Waals surface area contributed by atoms with Crippen LogP contribution in [-0.2, 0) is 12.1 Å². The average Bonchev–Trinajstić information content (AvgIpc) is 3.03. The lowest BCUT2D eigenvalue weighted by molar-refractivity contribution is 0.0289. The van der Waals surface area contributed by atoms with Gasteiger partial charge in [0, 0.05) is 27.0 Å². The van der Waals surface area contributed by atoms with Gasteiger partial charge in [0.15, 0.2) is 5.72 Å². The number of rotatable bonds is 6. The molecule has 4 rings (SSSR count). The molecule has 1 aliphatic rings. The third-order valence-electron chi connectivity index (χ3n) is 6.03. The Hall–Kier alpha value is -2.53. The minimum Gasteiger partial charge on any atom is -0.365 e. The van der Waals surface area contributed by atoms with Crippen LogP contribution in [0.15, 0.2) is 72.8 Å². The Morgan fingerprint density at radius 3 is 2.06 bits per heavy atom. The van der Waals surface area contributed by atoms with Gasteiger partial charge in [-0.2, -0.15) is 0 Å². The van der Waals surface area contributed by atoms with E-state index in [1.807, 2.05) is 36.4 Å². The summed E-state index contributed by atoms with van der Waals surface area (Å²) in [5.74, 6) is 0. The summed E-state index contributed by atoms with van der Waals surface area (Å²) in [6.07, 6.45) is 2.25. The molecular formula is C26H26Cl2N2O2. The van der Waals surface area contributed by atoms with Gasteiger partial charge in [-0.1, -0.05) is 67.7 Å². The standard InChI is InChI=1S/C26H26Cl2N2O2/c1-3-6-24-26(32,19-8-5-7-18(4-2)17-19)30(23-15-11-21(28)12-16-23)25(31)29(24)22-13-9-20(27)10-14-22/h5,7-17,24,32H,3-4,6H2,1-2H3. The fourth-order valence-electron chi connectivity index (χ4n) is 4.45. The van der Waals surface area contributed by atoms with Crippen molar-refractivity contribution in [1.29, 1.82) is 0 Å². The Kier molecular flexibility index (Phi) is 6.47. The van der Waals surface area contributed by atoms with Gasteiger partial charge in [-0.05, 0) is 66.9 Å². The molecule has 1 aliphatic heterocycles. The van der Waals surface area contributed by atoms with E-state index in [-0.39, 0.29) is 6.03 Å². The van der Waals surface area contributed by atoms with E-state index in [9.17, 15) is 9.90 Å². The minimum absolute atomic E-state index is 0.294. The van der Waals surface area contributed by atoms with Crippen LogP contribution in [0.2, 0.25) is 10.0 Å². The molecule has 1 saturated heterocycles. The molecule has 166 valence electrons. The summed E-state index contributed by atoms with van der Waals surface area (Å²) >= 11 is 12.2. The molecule has 4 nitrogen and oxygen atoms in total. The maximum absolute atomic E-state index is 13.9. The lowest BCUT2D eigenvalue weighted by atomic mass is 9.89. The van der Waals surface area contributed by atoms with Crippen LogP contribution in [0.25, 0.3) is 0 Å². The molecule has 0 aromatic heterocycles. The first-order chi connectivity index (χ1) is 15.4. The Morgan fingerprint density at radius 2 is 1.50 bits per heavy atom. The third kappa shape index (κ3) is 3.88. The number of hydrogen-bond acceptors (Lipinski definition) is 2. The summed E-state index contributed by atoms with van der Waals surface area (Å²) < 4.78 is 0. The monoisotopic (exact) mass is 468 g/mol. The summed E-state index contributed by atoms with van der Waals surface area (Å²) in [5, 5.41) is 13.6. The van der Waals surface area contributed by atoms with Crippen molar-refractivity contribution in [2.75, 3.05) is 9.80 Å². The van der Waals surface area contributed by atoms with Crippen molar-refractivity contribution in [2.45, 2.75) is 44.9 Å². The molecule has 0 radical (unpaired) electrons. The summed E-state index contributed by atoms with van der Waals surface area (Å²) in [6.45, 7) is 4.13. The van der Waals surface area contributed by atoms with Crippen LogP contribution in [0, 0.1) is 0 Å². The molecule has 3 aromatic rings. The van der Waals surface area contributed by atoms with Gasteiger partial charge in [0.2, 0.25) is 0 Å². The number of halogens is 2. The third-order valence-corrected chi connectivity index (χ3v) is 6.53. The highest BCUT2D eigenvalue weighted by Crippen LogP contribution is 2.46. The Morgan fingerprint density at radius 1 is 0.906 bits per heavy atom. The highest BCUT2D eigenvalue weighted by Gasteiger charge is 2.58. The predicted octanol–water partition coefficient (Wildman–Crippen LogP) is 7.02. The number of aryl methyl sites for hydroxylation is 1. The molecule has 32 heavy (non-hydrogen) atoms. The summed E-state index contributed by atoms with van der Waals surface area (Å²) in [4.78, 5) is 17.1. The van der Waals surface area contributed by atoms with Crippen molar-refractivity contribution in [3.8, 4) is 0 Å². The smallest absolute Gasteiger partial charge is 0.332 e. The highest BCUT2D eigenvalue weighted by atomic mass is 35.5. The number of carbonyl (C=O) groups excluding carboxylic acids is 1. The van der Waals surface area contributed by atoms with Crippen LogP contribution in [0.3, 0.4) is 0 Å². The van der Waals surface area contributed by atoms with Crippen LogP contribution in [0.4, 0.5) is 16.2 Å². The maximum Gasteiger partial charge on any atom is 0.332 e. The molecule has 2 unspecified atom stereocenters. The number of anilines is 2. The molecule has 0 aliphatic carbocycles. The number of urea groups is 1. The van der Waals surface area contributed by atoms with Crippen molar-refractivity contribution in [3.63, 3.8) is 0 Å². The zero-order valence-electron chi connectivity index (χ0n) is 18.1. The first-order valence-electron chi connectivity index (χ1n) is 10.9. The molecule has 1 heterocycles. The van der Waals surface area contributed by atoms with Crippen LogP contribution in [0.5, 0.6) is 0 Å². The van der Waals surface area contributed by atoms with E-state index >= 15 is 0 Å². The van der Waals surface area contributed by atoms with E-state index in [0.717, 1.165) is 18.4 Å². The minimum atomic E-state index is -1.56. The van der Waals surface area contributed by atoms with E-state index in [4.69, 9.17) is 23.2 Å². The van der Waals surface area contributed by atoms with E-state index in [1.165, 1.54) is 4.90 Å². The second kappa shape index (κ2) is 9.14. The summed E-state index contributed by atoms with van der Waals surface area (Å²) in [7, 11) is 0. The van der Waals surface area contributed by atoms with Gasteiger partial charge in [-0.3, -0.25) is 9.80 Å². The molecule has 0 saturated carbocycles. The zero-order valence-corrected chi connectivity index (χ0v) is 19.6. The van der Waals surface area contributed by atoms with Gasteiger partial charge in [0.05, 0.1) is 6.04 Å². The fraction of sp³-hybridized carbons (Fsp3) is 0.269. The maximum atomic E-state index is 13.9. The van der Waals surface area contributed by atoms with Crippen molar-refractivity contribution in [3.05, 3.63) is 94.0 Å². The van der Waals surface area contributed by atoms with Gasteiger partial charge < -0.3 is 5.11 Å². The lowest BCUT2D eigenvalue weighted by Crippen LogP contribution is -2.49. The Labute approximate surface area is 199 Å². The van der Waals surface area contributed by atoms with Crippen LogP contribution in [-0.4, -0.2) is 17.2 Å². The second-order valence-corrected chi connectivity index (χ2v) is 8.90. The van der Waals surface area contributed by atoms with Crippen LogP contribution in [0.1, 0.15) is 37.8 Å². The predicted molar refractivity (Wildman–Crippen MR) is 132 cm³/mol. The van der Waals surface area contributed by atoms with Crippen LogP contribution >= 0.6 is 23.2 Å². The molecule has 1 fully saturated rings. The average molecular weight is 469 g/mol. The second-order valence-electron chi connectivity index (χ2n) is 8.03.